The molecule has 2 aromatic rings. The molecule has 3 heteroatoms. The summed E-state index contributed by atoms with van der Waals surface area (Å²) in [4.78, 5) is 12.0. The third-order valence-corrected chi connectivity index (χ3v) is 3.88. The summed E-state index contributed by atoms with van der Waals surface area (Å²) < 4.78 is 0. The Morgan fingerprint density at radius 2 is 1.68 bits per heavy atom. The average molecular weight is 296 g/mol. The molecular formula is C19H24N2O. The quantitative estimate of drug-likeness (QED) is 0.859. The van der Waals surface area contributed by atoms with Gasteiger partial charge < -0.3 is 11.1 Å². The summed E-state index contributed by atoms with van der Waals surface area (Å²) in [6.07, 6.45) is 0.310. The molecule has 0 saturated heterocycles. The smallest absolute Gasteiger partial charge is 0.221 e. The number of carbonyl (C=O) groups is 1. The van der Waals surface area contributed by atoms with Gasteiger partial charge in [0.15, 0.2) is 0 Å². The second kappa shape index (κ2) is 7.76. The summed E-state index contributed by atoms with van der Waals surface area (Å²) in [5.41, 5.74) is 9.54. The molecule has 0 bridgehead atoms. The van der Waals surface area contributed by atoms with Gasteiger partial charge in [-0.15, -0.1) is 0 Å². The Labute approximate surface area is 132 Å². The van der Waals surface area contributed by atoms with E-state index in [2.05, 4.69) is 43.4 Å². The first kappa shape index (κ1) is 16.2. The number of amides is 1. The molecule has 0 aromatic heterocycles. The van der Waals surface area contributed by atoms with E-state index in [1.54, 1.807) is 0 Å². The Bertz CT molecular complexity index is 593. The van der Waals surface area contributed by atoms with Crippen LogP contribution in [0.15, 0.2) is 54.6 Å². The molecule has 3 nitrogen and oxygen atoms in total. The van der Waals surface area contributed by atoms with Crippen LogP contribution in [0.4, 0.5) is 0 Å². The molecule has 2 unspecified atom stereocenters. The number of rotatable bonds is 6. The van der Waals surface area contributed by atoms with Gasteiger partial charge in [-0.3, -0.25) is 4.79 Å². The lowest BCUT2D eigenvalue weighted by molar-refractivity contribution is -0.121. The van der Waals surface area contributed by atoms with Crippen LogP contribution in [0.3, 0.4) is 0 Å². The van der Waals surface area contributed by atoms with E-state index >= 15 is 0 Å². The summed E-state index contributed by atoms with van der Waals surface area (Å²) >= 11 is 0. The third-order valence-electron chi connectivity index (χ3n) is 3.88. The van der Waals surface area contributed by atoms with Crippen molar-refractivity contribution in [2.24, 2.45) is 5.73 Å². The van der Waals surface area contributed by atoms with Gasteiger partial charge in [-0.2, -0.15) is 0 Å². The Hall–Kier alpha value is -2.13. The molecule has 22 heavy (non-hydrogen) atoms. The maximum Gasteiger partial charge on any atom is 0.221 e. The highest BCUT2D eigenvalue weighted by atomic mass is 16.1. The summed E-state index contributed by atoms with van der Waals surface area (Å²) in [5, 5.41) is 2.98. The lowest BCUT2D eigenvalue weighted by Crippen LogP contribution is -2.30. The maximum atomic E-state index is 12.0. The Morgan fingerprint density at radius 3 is 2.32 bits per heavy atom. The van der Waals surface area contributed by atoms with Crippen LogP contribution in [-0.2, 0) is 4.79 Å². The summed E-state index contributed by atoms with van der Waals surface area (Å²) in [6.45, 7) is 4.81. The number of hydrogen-bond donors (Lipinski definition) is 2. The molecule has 0 fully saturated rings. The zero-order valence-electron chi connectivity index (χ0n) is 13.3. The molecule has 116 valence electrons. The summed E-state index contributed by atoms with van der Waals surface area (Å²) in [7, 11) is 0. The first-order valence-electron chi connectivity index (χ1n) is 7.70. The molecule has 0 heterocycles. The number of nitrogens with two attached hydrogens (primary N) is 1. The van der Waals surface area contributed by atoms with E-state index in [9.17, 15) is 4.79 Å². The van der Waals surface area contributed by atoms with Crippen LogP contribution in [0.25, 0.3) is 0 Å². The molecule has 0 aliphatic heterocycles. The van der Waals surface area contributed by atoms with E-state index in [1.165, 1.54) is 11.1 Å². The topological polar surface area (TPSA) is 55.1 Å². The highest BCUT2D eigenvalue weighted by Gasteiger charge is 2.12. The number of carbonyl (C=O) groups excluding carboxylic acids is 1. The minimum absolute atomic E-state index is 0.00434. The standard InChI is InChI=1S/C19H24N2O/c1-14-8-10-16(11-9-14)15(2)13-21-19(22)12-18(20)17-6-4-3-5-7-17/h3-11,15,18H,12-13,20H2,1-2H3,(H,21,22). The first-order valence-corrected chi connectivity index (χ1v) is 7.70. The SMILES string of the molecule is Cc1ccc(C(C)CNC(=O)CC(N)c2ccccc2)cc1. The molecule has 0 saturated carbocycles. The van der Waals surface area contributed by atoms with E-state index in [0.29, 0.717) is 13.0 Å². The Kier molecular flexibility index (Phi) is 5.73. The van der Waals surface area contributed by atoms with Gasteiger partial charge in [0.05, 0.1) is 0 Å². The van der Waals surface area contributed by atoms with Crippen molar-refractivity contribution in [1.82, 2.24) is 5.32 Å². The maximum absolute atomic E-state index is 12.0. The average Bonchev–Trinajstić information content (AvgIpc) is 2.54. The largest absolute Gasteiger partial charge is 0.355 e. The second-order valence-electron chi connectivity index (χ2n) is 5.84. The number of hydrogen-bond acceptors (Lipinski definition) is 2. The van der Waals surface area contributed by atoms with Crippen LogP contribution in [0.1, 0.15) is 42.0 Å². The van der Waals surface area contributed by atoms with Crippen molar-refractivity contribution in [1.29, 1.82) is 0 Å². The number of benzene rings is 2. The highest BCUT2D eigenvalue weighted by Crippen LogP contribution is 2.16. The Balaban J connectivity index is 1.81. The molecule has 0 aliphatic rings. The molecule has 0 radical (unpaired) electrons. The van der Waals surface area contributed by atoms with Gasteiger partial charge in [0.1, 0.15) is 0 Å². The van der Waals surface area contributed by atoms with E-state index in [1.807, 2.05) is 30.3 Å². The predicted molar refractivity (Wildman–Crippen MR) is 90.6 cm³/mol. The van der Waals surface area contributed by atoms with E-state index in [4.69, 9.17) is 5.73 Å². The molecule has 2 rings (SSSR count). The molecule has 3 N–H and O–H groups in total. The van der Waals surface area contributed by atoms with Crippen LogP contribution in [-0.4, -0.2) is 12.5 Å². The van der Waals surface area contributed by atoms with E-state index in [0.717, 1.165) is 5.56 Å². The molecular weight excluding hydrogens is 272 g/mol. The fraction of sp³-hybridized carbons (Fsp3) is 0.316. The molecule has 2 aromatic carbocycles. The zero-order chi connectivity index (χ0) is 15.9. The van der Waals surface area contributed by atoms with Crippen molar-refractivity contribution in [2.75, 3.05) is 6.54 Å². The van der Waals surface area contributed by atoms with E-state index in [-0.39, 0.29) is 17.9 Å². The lowest BCUT2D eigenvalue weighted by atomic mass is 9.99. The summed E-state index contributed by atoms with van der Waals surface area (Å²) in [6, 6.07) is 17.9. The lowest BCUT2D eigenvalue weighted by Gasteiger charge is -2.15. The van der Waals surface area contributed by atoms with Crippen LogP contribution < -0.4 is 11.1 Å². The van der Waals surface area contributed by atoms with Crippen LogP contribution in [0.2, 0.25) is 0 Å². The molecule has 1 amide bonds. The van der Waals surface area contributed by atoms with Crippen molar-refractivity contribution in [2.45, 2.75) is 32.2 Å². The van der Waals surface area contributed by atoms with Crippen LogP contribution in [0.5, 0.6) is 0 Å². The van der Waals surface area contributed by atoms with Crippen molar-refractivity contribution < 1.29 is 4.79 Å². The van der Waals surface area contributed by atoms with Gasteiger partial charge in [0, 0.05) is 19.0 Å². The highest BCUT2D eigenvalue weighted by molar-refractivity contribution is 5.76. The van der Waals surface area contributed by atoms with Crippen molar-refractivity contribution in [3.63, 3.8) is 0 Å². The fourth-order valence-electron chi connectivity index (χ4n) is 2.37. The van der Waals surface area contributed by atoms with Crippen molar-refractivity contribution in [3.05, 3.63) is 71.3 Å². The van der Waals surface area contributed by atoms with Gasteiger partial charge in [0.25, 0.3) is 0 Å². The van der Waals surface area contributed by atoms with E-state index < -0.39 is 0 Å². The third kappa shape index (κ3) is 4.71. The minimum Gasteiger partial charge on any atom is -0.355 e. The number of aryl methyl sites for hydroxylation is 1. The predicted octanol–water partition coefficient (Wildman–Crippen LogP) is 3.30. The van der Waals surface area contributed by atoms with Crippen LogP contribution >= 0.6 is 0 Å². The van der Waals surface area contributed by atoms with Gasteiger partial charge in [0.2, 0.25) is 5.91 Å². The zero-order valence-corrected chi connectivity index (χ0v) is 13.3. The van der Waals surface area contributed by atoms with Crippen molar-refractivity contribution >= 4 is 5.91 Å². The number of nitrogens with one attached hydrogen (secondary N) is 1. The van der Waals surface area contributed by atoms with Gasteiger partial charge in [-0.25, -0.2) is 0 Å². The molecule has 2 atom stereocenters. The Morgan fingerprint density at radius 1 is 1.05 bits per heavy atom. The minimum atomic E-state index is -0.254. The summed E-state index contributed by atoms with van der Waals surface area (Å²) in [5.74, 6) is 0.285. The van der Waals surface area contributed by atoms with Gasteiger partial charge >= 0.3 is 0 Å². The normalized spacial score (nSPS) is 13.4. The van der Waals surface area contributed by atoms with Gasteiger partial charge in [-0.1, -0.05) is 67.1 Å². The monoisotopic (exact) mass is 296 g/mol. The fourth-order valence-corrected chi connectivity index (χ4v) is 2.37. The molecule has 0 aliphatic carbocycles. The second-order valence-corrected chi connectivity index (χ2v) is 5.84. The van der Waals surface area contributed by atoms with Gasteiger partial charge in [-0.05, 0) is 24.0 Å². The van der Waals surface area contributed by atoms with Crippen LogP contribution in [0, 0.1) is 6.92 Å². The first-order chi connectivity index (χ1) is 10.6. The molecule has 0 spiro atoms. The van der Waals surface area contributed by atoms with Crippen molar-refractivity contribution in [3.8, 4) is 0 Å².